The summed E-state index contributed by atoms with van der Waals surface area (Å²) in [6.07, 6.45) is 4.80. The van der Waals surface area contributed by atoms with Gasteiger partial charge >= 0.3 is 0 Å². The quantitative estimate of drug-likeness (QED) is 0.777. The third-order valence-corrected chi connectivity index (χ3v) is 6.18. The molecule has 2 unspecified atom stereocenters. The maximum atomic E-state index is 12.4. The summed E-state index contributed by atoms with van der Waals surface area (Å²) in [6.45, 7) is 7.17. The highest BCUT2D eigenvalue weighted by Gasteiger charge is 2.23. The normalized spacial score (nSPS) is 20.1. The van der Waals surface area contributed by atoms with E-state index in [1.807, 2.05) is 12.1 Å². The number of aromatic nitrogens is 3. The van der Waals surface area contributed by atoms with E-state index in [4.69, 9.17) is 0 Å². The van der Waals surface area contributed by atoms with Crippen molar-refractivity contribution >= 4 is 17.7 Å². The van der Waals surface area contributed by atoms with Crippen molar-refractivity contribution in [3.63, 3.8) is 0 Å². The van der Waals surface area contributed by atoms with Crippen molar-refractivity contribution in [3.8, 4) is 11.4 Å². The zero-order valence-electron chi connectivity index (χ0n) is 15.9. The molecule has 1 aromatic carbocycles. The summed E-state index contributed by atoms with van der Waals surface area (Å²) in [4.78, 5) is 12.4. The van der Waals surface area contributed by atoms with Crippen LogP contribution in [0.25, 0.3) is 11.4 Å². The van der Waals surface area contributed by atoms with E-state index >= 15 is 0 Å². The molecule has 0 bridgehead atoms. The Morgan fingerprint density at radius 1 is 1.27 bits per heavy atom. The molecule has 0 saturated heterocycles. The molecule has 140 valence electrons. The second-order valence-corrected chi connectivity index (χ2v) is 8.03. The molecule has 1 heterocycles. The van der Waals surface area contributed by atoms with Gasteiger partial charge in [-0.15, -0.1) is 10.2 Å². The van der Waals surface area contributed by atoms with Crippen LogP contribution in [0.4, 0.5) is 0 Å². The number of thioether (sulfide) groups is 1. The lowest BCUT2D eigenvalue weighted by Crippen LogP contribution is -2.41. The summed E-state index contributed by atoms with van der Waals surface area (Å²) in [6, 6.07) is 8.51. The van der Waals surface area contributed by atoms with Crippen molar-refractivity contribution in [2.45, 2.75) is 64.2 Å². The van der Waals surface area contributed by atoms with Crippen LogP contribution in [0.5, 0.6) is 0 Å². The highest BCUT2D eigenvalue weighted by molar-refractivity contribution is 7.99. The summed E-state index contributed by atoms with van der Waals surface area (Å²) < 4.78 is 2.09. The molecule has 2 aromatic rings. The highest BCUT2D eigenvalue weighted by Crippen LogP contribution is 2.27. The first kappa shape index (κ1) is 19.0. The van der Waals surface area contributed by atoms with E-state index < -0.39 is 0 Å². The molecule has 1 aliphatic rings. The van der Waals surface area contributed by atoms with Gasteiger partial charge in [0.25, 0.3) is 0 Å². The van der Waals surface area contributed by atoms with E-state index in [1.54, 1.807) is 0 Å². The molecule has 2 atom stereocenters. The van der Waals surface area contributed by atoms with Crippen molar-refractivity contribution in [3.05, 3.63) is 29.8 Å². The van der Waals surface area contributed by atoms with Gasteiger partial charge in [-0.05, 0) is 38.2 Å². The molecule has 1 aromatic heterocycles. The number of carbonyl (C=O) groups is 1. The van der Waals surface area contributed by atoms with Crippen LogP contribution in [0.3, 0.4) is 0 Å². The number of nitrogens with one attached hydrogen (secondary N) is 1. The van der Waals surface area contributed by atoms with E-state index in [1.165, 1.54) is 36.6 Å². The van der Waals surface area contributed by atoms with E-state index in [-0.39, 0.29) is 5.91 Å². The van der Waals surface area contributed by atoms with Gasteiger partial charge in [-0.2, -0.15) is 0 Å². The Morgan fingerprint density at radius 2 is 2.04 bits per heavy atom. The smallest absolute Gasteiger partial charge is 0.230 e. The summed E-state index contributed by atoms with van der Waals surface area (Å²) in [5, 5.41) is 12.7. The number of nitrogens with zero attached hydrogens (tertiary/aromatic N) is 3. The van der Waals surface area contributed by atoms with Gasteiger partial charge in [0.1, 0.15) is 0 Å². The van der Waals surface area contributed by atoms with E-state index in [0.29, 0.717) is 17.7 Å². The largest absolute Gasteiger partial charge is 0.352 e. The van der Waals surface area contributed by atoms with Crippen molar-refractivity contribution < 1.29 is 4.79 Å². The lowest BCUT2D eigenvalue weighted by Gasteiger charge is -2.29. The van der Waals surface area contributed by atoms with E-state index in [0.717, 1.165) is 29.5 Å². The maximum absolute atomic E-state index is 12.4. The first-order valence-corrected chi connectivity index (χ1v) is 10.5. The monoisotopic (exact) mass is 372 g/mol. The first-order valence-electron chi connectivity index (χ1n) is 9.51. The number of amides is 1. The standard InChI is InChI=1S/C20H28N4OS/c1-4-24-19(16-11-7-5-9-14(16)2)22-23-20(24)26-13-18(25)21-17-12-8-6-10-15(17)3/h5,7,9,11,15,17H,4,6,8,10,12-13H2,1-3H3,(H,21,25). The molecular weight excluding hydrogens is 344 g/mol. The second kappa shape index (κ2) is 8.71. The minimum Gasteiger partial charge on any atom is -0.352 e. The minimum absolute atomic E-state index is 0.0943. The van der Waals surface area contributed by atoms with Gasteiger partial charge < -0.3 is 9.88 Å². The molecule has 6 heteroatoms. The maximum Gasteiger partial charge on any atom is 0.230 e. The number of aryl methyl sites for hydroxylation is 1. The van der Waals surface area contributed by atoms with Crippen LogP contribution < -0.4 is 5.32 Å². The molecule has 5 nitrogen and oxygen atoms in total. The average Bonchev–Trinajstić information content (AvgIpc) is 3.05. The Labute approximate surface area is 160 Å². The van der Waals surface area contributed by atoms with Crippen molar-refractivity contribution in [2.24, 2.45) is 5.92 Å². The Balaban J connectivity index is 1.65. The van der Waals surface area contributed by atoms with Crippen molar-refractivity contribution in [1.82, 2.24) is 20.1 Å². The number of rotatable bonds is 6. The zero-order chi connectivity index (χ0) is 18.5. The summed E-state index contributed by atoms with van der Waals surface area (Å²) in [5.74, 6) is 1.92. The van der Waals surface area contributed by atoms with Crippen LogP contribution in [-0.2, 0) is 11.3 Å². The molecule has 0 aliphatic heterocycles. The Morgan fingerprint density at radius 3 is 2.77 bits per heavy atom. The van der Waals surface area contributed by atoms with Crippen LogP contribution in [0.15, 0.2) is 29.4 Å². The van der Waals surface area contributed by atoms with Gasteiger partial charge in [0.15, 0.2) is 11.0 Å². The molecule has 1 fully saturated rings. The second-order valence-electron chi connectivity index (χ2n) is 7.09. The van der Waals surface area contributed by atoms with Crippen LogP contribution in [0, 0.1) is 12.8 Å². The zero-order valence-corrected chi connectivity index (χ0v) is 16.7. The van der Waals surface area contributed by atoms with Crippen molar-refractivity contribution in [2.75, 3.05) is 5.75 Å². The lowest BCUT2D eigenvalue weighted by atomic mass is 9.86. The van der Waals surface area contributed by atoms with Crippen LogP contribution in [0.1, 0.15) is 45.1 Å². The summed E-state index contributed by atoms with van der Waals surface area (Å²) >= 11 is 1.47. The molecule has 0 radical (unpaired) electrons. The predicted octanol–water partition coefficient (Wildman–Crippen LogP) is 4.06. The van der Waals surface area contributed by atoms with Crippen molar-refractivity contribution in [1.29, 1.82) is 0 Å². The number of hydrogen-bond donors (Lipinski definition) is 1. The third-order valence-electron chi connectivity index (χ3n) is 5.21. The van der Waals surface area contributed by atoms with E-state index in [9.17, 15) is 4.79 Å². The fourth-order valence-electron chi connectivity index (χ4n) is 3.61. The molecule has 1 aliphatic carbocycles. The molecule has 1 N–H and O–H groups in total. The fourth-order valence-corrected chi connectivity index (χ4v) is 4.43. The molecular formula is C20H28N4OS. The van der Waals surface area contributed by atoms with Crippen LogP contribution in [-0.4, -0.2) is 32.5 Å². The molecule has 26 heavy (non-hydrogen) atoms. The molecule has 1 saturated carbocycles. The van der Waals surface area contributed by atoms with Gasteiger partial charge in [0.05, 0.1) is 5.75 Å². The van der Waals surface area contributed by atoms with Gasteiger partial charge in [-0.3, -0.25) is 4.79 Å². The summed E-state index contributed by atoms with van der Waals surface area (Å²) in [7, 11) is 0. The van der Waals surface area contributed by atoms with Gasteiger partial charge in [-0.25, -0.2) is 0 Å². The predicted molar refractivity (Wildman–Crippen MR) is 106 cm³/mol. The molecule has 0 spiro atoms. The third kappa shape index (κ3) is 4.29. The lowest BCUT2D eigenvalue weighted by molar-refractivity contribution is -0.119. The average molecular weight is 373 g/mol. The first-order chi connectivity index (χ1) is 12.6. The van der Waals surface area contributed by atoms with Gasteiger partial charge in [0.2, 0.25) is 5.91 Å². The van der Waals surface area contributed by atoms with Gasteiger partial charge in [0, 0.05) is 18.2 Å². The minimum atomic E-state index is 0.0943. The number of benzene rings is 1. The number of carbonyl (C=O) groups excluding carboxylic acids is 1. The number of hydrogen-bond acceptors (Lipinski definition) is 4. The molecule has 1 amide bonds. The van der Waals surface area contributed by atoms with Crippen LogP contribution in [0.2, 0.25) is 0 Å². The highest BCUT2D eigenvalue weighted by atomic mass is 32.2. The van der Waals surface area contributed by atoms with Gasteiger partial charge in [-0.1, -0.05) is 55.8 Å². The Hall–Kier alpha value is -1.82. The topological polar surface area (TPSA) is 59.8 Å². The van der Waals surface area contributed by atoms with E-state index in [2.05, 4.69) is 53.0 Å². The fraction of sp³-hybridized carbons (Fsp3) is 0.550. The Bertz CT molecular complexity index is 758. The summed E-state index contributed by atoms with van der Waals surface area (Å²) in [5.41, 5.74) is 2.27. The molecule has 3 rings (SSSR count). The SMILES string of the molecule is CCn1c(SCC(=O)NC2CCCCC2C)nnc1-c1ccccc1C. The Kier molecular flexibility index (Phi) is 6.35. The van der Waals surface area contributed by atoms with Crippen LogP contribution >= 0.6 is 11.8 Å².